The summed E-state index contributed by atoms with van der Waals surface area (Å²) in [5, 5.41) is 2.31. The summed E-state index contributed by atoms with van der Waals surface area (Å²) in [5.74, 6) is 3.08. The molecular formula is C35H44N2O2. The number of methoxy groups -OCH3 is 1. The van der Waals surface area contributed by atoms with E-state index in [1.54, 1.807) is 7.11 Å². The molecule has 3 unspecified atom stereocenters. The molecule has 39 heavy (non-hydrogen) atoms. The van der Waals surface area contributed by atoms with Crippen LogP contribution in [0.15, 0.2) is 66.7 Å². The molecule has 3 fully saturated rings. The summed E-state index contributed by atoms with van der Waals surface area (Å²) in [7, 11) is 1.77. The molecule has 2 saturated carbocycles. The molecule has 4 heteroatoms. The van der Waals surface area contributed by atoms with Gasteiger partial charge in [0.2, 0.25) is 0 Å². The molecule has 0 N–H and O–H groups in total. The molecule has 0 aromatic heterocycles. The van der Waals surface area contributed by atoms with Crippen LogP contribution in [0.1, 0.15) is 68.3 Å². The minimum Gasteiger partial charge on any atom is -0.497 e. The lowest BCUT2D eigenvalue weighted by molar-refractivity contribution is 0.00990. The number of carbonyl (C=O) groups is 1. The second-order valence-corrected chi connectivity index (χ2v) is 12.9. The predicted molar refractivity (Wildman–Crippen MR) is 159 cm³/mol. The van der Waals surface area contributed by atoms with Gasteiger partial charge in [-0.2, -0.15) is 0 Å². The largest absolute Gasteiger partial charge is 0.497 e. The van der Waals surface area contributed by atoms with E-state index in [1.165, 1.54) is 43.3 Å². The van der Waals surface area contributed by atoms with E-state index in [9.17, 15) is 4.79 Å². The molecule has 6 rings (SSSR count). The van der Waals surface area contributed by atoms with Crippen LogP contribution in [0.4, 0.5) is 0 Å². The highest BCUT2D eigenvalue weighted by Crippen LogP contribution is 2.51. The standard InChI is InChI=1S/C35H44N2O2/c1-25(2)22-37(34(38)29-14-13-27-7-4-5-8-28(27)19-29)32-16-15-31-24-36(23-26-11-12-26)18-17-35(31,21-32)30-9-6-10-33(20-30)39-3/h4-10,13-14,19-20,25-26,31-32H,11-12,15-18,21-24H2,1-3H3. The maximum atomic E-state index is 14.2. The number of likely N-dealkylation sites (tertiary alicyclic amines) is 1. The van der Waals surface area contributed by atoms with E-state index in [2.05, 4.69) is 84.3 Å². The number of nitrogens with zero attached hydrogens (tertiary/aromatic N) is 2. The van der Waals surface area contributed by atoms with Crippen molar-refractivity contribution in [1.82, 2.24) is 9.80 Å². The van der Waals surface area contributed by atoms with Crippen molar-refractivity contribution in [2.45, 2.75) is 63.8 Å². The lowest BCUT2D eigenvalue weighted by Gasteiger charge is -2.55. The molecule has 1 amide bonds. The molecule has 3 aromatic carbocycles. The average molecular weight is 525 g/mol. The highest BCUT2D eigenvalue weighted by atomic mass is 16.5. The number of ether oxygens (including phenoxy) is 1. The van der Waals surface area contributed by atoms with E-state index in [0.29, 0.717) is 11.8 Å². The Morgan fingerprint density at radius 1 is 1.00 bits per heavy atom. The molecule has 3 aromatic rings. The van der Waals surface area contributed by atoms with Crippen LogP contribution in [0.5, 0.6) is 5.75 Å². The van der Waals surface area contributed by atoms with Crippen LogP contribution in [0.2, 0.25) is 0 Å². The number of fused-ring (bicyclic) bond motifs is 2. The first kappa shape index (κ1) is 26.4. The molecule has 0 radical (unpaired) electrons. The summed E-state index contributed by atoms with van der Waals surface area (Å²) in [6.07, 6.45) is 7.26. The summed E-state index contributed by atoms with van der Waals surface area (Å²) >= 11 is 0. The molecule has 2 aliphatic carbocycles. The number of carbonyl (C=O) groups excluding carboxylic acids is 1. The molecule has 1 aliphatic heterocycles. The molecule has 0 bridgehead atoms. The third kappa shape index (κ3) is 5.45. The summed E-state index contributed by atoms with van der Waals surface area (Å²) in [4.78, 5) is 19.2. The molecule has 3 aliphatic rings. The topological polar surface area (TPSA) is 32.8 Å². The molecule has 1 heterocycles. The van der Waals surface area contributed by atoms with Crippen LogP contribution in [0.25, 0.3) is 10.8 Å². The number of piperidine rings is 1. The van der Waals surface area contributed by atoms with E-state index < -0.39 is 0 Å². The zero-order chi connectivity index (χ0) is 27.0. The monoisotopic (exact) mass is 524 g/mol. The fourth-order valence-corrected chi connectivity index (χ4v) is 7.50. The Labute approximate surface area is 234 Å². The molecule has 206 valence electrons. The Morgan fingerprint density at radius 3 is 2.59 bits per heavy atom. The van der Waals surface area contributed by atoms with Crippen molar-refractivity contribution < 1.29 is 9.53 Å². The predicted octanol–water partition coefficient (Wildman–Crippen LogP) is 7.17. The van der Waals surface area contributed by atoms with Gasteiger partial charge in [-0.1, -0.05) is 56.3 Å². The third-order valence-corrected chi connectivity index (χ3v) is 9.70. The van der Waals surface area contributed by atoms with Crippen molar-refractivity contribution in [2.24, 2.45) is 17.8 Å². The van der Waals surface area contributed by atoms with Crippen molar-refractivity contribution >= 4 is 16.7 Å². The van der Waals surface area contributed by atoms with Crippen LogP contribution in [-0.2, 0) is 5.41 Å². The molecule has 4 nitrogen and oxygen atoms in total. The minimum absolute atomic E-state index is 0.0798. The first-order chi connectivity index (χ1) is 18.9. The Bertz CT molecular complexity index is 1310. The second-order valence-electron chi connectivity index (χ2n) is 12.9. The summed E-state index contributed by atoms with van der Waals surface area (Å²) in [6, 6.07) is 23.6. The zero-order valence-corrected chi connectivity index (χ0v) is 23.9. The van der Waals surface area contributed by atoms with Crippen LogP contribution in [0.3, 0.4) is 0 Å². The number of hydrogen-bond acceptors (Lipinski definition) is 3. The van der Waals surface area contributed by atoms with Crippen molar-refractivity contribution in [2.75, 3.05) is 33.3 Å². The lowest BCUT2D eigenvalue weighted by Crippen LogP contribution is -2.57. The van der Waals surface area contributed by atoms with E-state index in [-0.39, 0.29) is 17.4 Å². The van der Waals surface area contributed by atoms with Gasteiger partial charge in [0.1, 0.15) is 5.75 Å². The van der Waals surface area contributed by atoms with Gasteiger partial charge in [-0.05, 0) is 103 Å². The van der Waals surface area contributed by atoms with E-state index in [1.807, 2.05) is 6.07 Å². The van der Waals surface area contributed by atoms with Crippen LogP contribution in [-0.4, -0.2) is 55.0 Å². The molecular weight excluding hydrogens is 480 g/mol. The number of hydrogen-bond donors (Lipinski definition) is 0. The van der Waals surface area contributed by atoms with E-state index in [0.717, 1.165) is 55.0 Å². The number of rotatable bonds is 8. The van der Waals surface area contributed by atoms with Gasteiger partial charge in [-0.15, -0.1) is 0 Å². The van der Waals surface area contributed by atoms with Crippen molar-refractivity contribution in [1.29, 1.82) is 0 Å². The Kier molecular flexibility index (Phi) is 7.41. The van der Waals surface area contributed by atoms with E-state index in [4.69, 9.17) is 4.74 Å². The summed E-state index contributed by atoms with van der Waals surface area (Å²) in [6.45, 7) is 8.88. The summed E-state index contributed by atoms with van der Waals surface area (Å²) < 4.78 is 5.69. The van der Waals surface area contributed by atoms with Gasteiger partial charge in [-0.25, -0.2) is 0 Å². The van der Waals surface area contributed by atoms with Gasteiger partial charge in [0.25, 0.3) is 5.91 Å². The van der Waals surface area contributed by atoms with Gasteiger partial charge in [0.05, 0.1) is 7.11 Å². The number of amides is 1. The second kappa shape index (κ2) is 11.0. The first-order valence-electron chi connectivity index (χ1n) is 15.1. The van der Waals surface area contributed by atoms with Crippen LogP contribution < -0.4 is 4.74 Å². The highest BCUT2D eigenvalue weighted by molar-refractivity contribution is 5.98. The Morgan fingerprint density at radius 2 is 1.82 bits per heavy atom. The van der Waals surface area contributed by atoms with Crippen LogP contribution in [0, 0.1) is 17.8 Å². The minimum atomic E-state index is 0.0798. The highest BCUT2D eigenvalue weighted by Gasteiger charge is 2.50. The third-order valence-electron chi connectivity index (χ3n) is 9.70. The molecule has 0 spiro atoms. The van der Waals surface area contributed by atoms with E-state index >= 15 is 0 Å². The fraction of sp³-hybridized carbons (Fsp3) is 0.514. The van der Waals surface area contributed by atoms with Gasteiger partial charge in [0.15, 0.2) is 0 Å². The zero-order valence-electron chi connectivity index (χ0n) is 23.9. The number of benzene rings is 3. The quantitative estimate of drug-likeness (QED) is 0.313. The van der Waals surface area contributed by atoms with Gasteiger partial charge in [-0.3, -0.25) is 4.79 Å². The first-order valence-corrected chi connectivity index (χ1v) is 15.1. The maximum absolute atomic E-state index is 14.2. The lowest BCUT2D eigenvalue weighted by atomic mass is 9.57. The van der Waals surface area contributed by atoms with Crippen molar-refractivity contribution in [3.8, 4) is 5.75 Å². The van der Waals surface area contributed by atoms with Gasteiger partial charge < -0.3 is 14.5 Å². The van der Waals surface area contributed by atoms with Crippen molar-refractivity contribution in [3.05, 3.63) is 77.9 Å². The fourth-order valence-electron chi connectivity index (χ4n) is 7.50. The molecule has 1 saturated heterocycles. The Hall–Kier alpha value is -2.85. The average Bonchev–Trinajstić information content (AvgIpc) is 3.79. The Balaban J connectivity index is 1.32. The van der Waals surface area contributed by atoms with Crippen LogP contribution >= 0.6 is 0 Å². The smallest absolute Gasteiger partial charge is 0.254 e. The molecule has 3 atom stereocenters. The SMILES string of the molecule is COc1cccc(C23CCN(CC4CC4)CC2CCC(N(CC(C)C)C(=O)c2ccc4ccccc4c2)C3)c1. The van der Waals surface area contributed by atoms with Gasteiger partial charge >= 0.3 is 0 Å². The maximum Gasteiger partial charge on any atom is 0.254 e. The van der Waals surface area contributed by atoms with Crippen molar-refractivity contribution in [3.63, 3.8) is 0 Å². The van der Waals surface area contributed by atoms with Gasteiger partial charge in [0, 0.05) is 36.7 Å². The summed E-state index contributed by atoms with van der Waals surface area (Å²) in [5.41, 5.74) is 2.30. The normalized spacial score (nSPS) is 25.4.